The van der Waals surface area contributed by atoms with Gasteiger partial charge in [-0.3, -0.25) is 5.01 Å². The first-order valence-corrected chi connectivity index (χ1v) is 9.07. The molecule has 2 rings (SSSR count). The second-order valence-electron chi connectivity index (χ2n) is 6.71. The number of rotatable bonds is 10. The SMILES string of the molecule is CNc1nc(N(CCO)NC(O)Nc2cc(C)no2)cc(C(C)C)c1C(C)=N. The third kappa shape index (κ3) is 5.18. The molecule has 1 atom stereocenters. The third-order valence-electron chi connectivity index (χ3n) is 4.06. The van der Waals surface area contributed by atoms with Crippen LogP contribution in [0.4, 0.5) is 17.5 Å². The number of nitrogens with zero attached hydrogens (tertiary/aromatic N) is 3. The molecule has 10 heteroatoms. The van der Waals surface area contributed by atoms with E-state index in [4.69, 9.17) is 9.93 Å². The predicted octanol–water partition coefficient (Wildman–Crippen LogP) is 1.62. The summed E-state index contributed by atoms with van der Waals surface area (Å²) >= 11 is 0. The Hall–Kier alpha value is -2.69. The number of hydrazine groups is 1. The smallest absolute Gasteiger partial charge is 0.227 e. The molecule has 154 valence electrons. The molecular weight excluding hydrogens is 362 g/mol. The lowest BCUT2D eigenvalue weighted by Gasteiger charge is -2.29. The van der Waals surface area contributed by atoms with Gasteiger partial charge in [-0.15, -0.1) is 0 Å². The minimum absolute atomic E-state index is 0.153. The van der Waals surface area contributed by atoms with Crippen molar-refractivity contribution in [3.05, 3.63) is 29.0 Å². The Morgan fingerprint density at radius 3 is 2.57 bits per heavy atom. The van der Waals surface area contributed by atoms with E-state index in [1.54, 1.807) is 27.0 Å². The molecule has 0 radical (unpaired) electrons. The van der Waals surface area contributed by atoms with Gasteiger partial charge < -0.3 is 30.8 Å². The van der Waals surface area contributed by atoms with E-state index in [2.05, 4.69) is 26.2 Å². The van der Waals surface area contributed by atoms with Crippen molar-refractivity contribution >= 4 is 23.2 Å². The number of aliphatic hydroxyl groups excluding tert-OH is 2. The fourth-order valence-electron chi connectivity index (χ4n) is 2.81. The van der Waals surface area contributed by atoms with E-state index in [1.165, 1.54) is 5.01 Å². The summed E-state index contributed by atoms with van der Waals surface area (Å²) in [7, 11) is 1.75. The highest BCUT2D eigenvalue weighted by atomic mass is 16.5. The standard InChI is InChI=1S/C18H29N7O3/c1-10(2)13-9-14(21-17(20-5)16(13)12(4)19)25(6-7-26)23-18(27)22-15-8-11(3)24-28-15/h8-10,18-19,22-23,26-27H,6-7H2,1-5H3,(H,20,21). The molecule has 2 heterocycles. The van der Waals surface area contributed by atoms with Crippen LogP contribution in [0.15, 0.2) is 16.7 Å². The van der Waals surface area contributed by atoms with Crippen molar-refractivity contribution in [2.24, 2.45) is 0 Å². The summed E-state index contributed by atoms with van der Waals surface area (Å²) in [4.78, 5) is 4.56. The number of nitrogens with one attached hydrogen (secondary N) is 4. The van der Waals surface area contributed by atoms with Gasteiger partial charge in [0.25, 0.3) is 0 Å². The average Bonchev–Trinajstić information content (AvgIpc) is 3.04. The highest BCUT2D eigenvalue weighted by Crippen LogP contribution is 2.29. The van der Waals surface area contributed by atoms with E-state index in [9.17, 15) is 10.2 Å². The van der Waals surface area contributed by atoms with Crippen molar-refractivity contribution in [3.8, 4) is 0 Å². The molecule has 0 aliphatic heterocycles. The molecule has 0 aromatic carbocycles. The molecule has 0 aliphatic carbocycles. The Labute approximate surface area is 164 Å². The first kappa shape index (κ1) is 21.6. The van der Waals surface area contributed by atoms with Crippen molar-refractivity contribution in [2.45, 2.75) is 40.0 Å². The normalized spacial score (nSPS) is 12.1. The molecule has 0 aliphatic rings. The van der Waals surface area contributed by atoms with Crippen LogP contribution in [0, 0.1) is 12.3 Å². The fraction of sp³-hybridized carbons (Fsp3) is 0.500. The molecule has 0 amide bonds. The summed E-state index contributed by atoms with van der Waals surface area (Å²) in [6.45, 7) is 7.61. The van der Waals surface area contributed by atoms with Crippen molar-refractivity contribution in [1.82, 2.24) is 15.6 Å². The van der Waals surface area contributed by atoms with Gasteiger partial charge in [-0.2, -0.15) is 5.43 Å². The minimum Gasteiger partial charge on any atom is -0.394 e. The summed E-state index contributed by atoms with van der Waals surface area (Å²) in [6, 6.07) is 3.50. The van der Waals surface area contributed by atoms with E-state index < -0.39 is 6.35 Å². The monoisotopic (exact) mass is 391 g/mol. The fourth-order valence-corrected chi connectivity index (χ4v) is 2.81. The summed E-state index contributed by atoms with van der Waals surface area (Å²) in [5.74, 6) is 1.52. The molecule has 10 nitrogen and oxygen atoms in total. The number of aliphatic hydroxyl groups is 2. The van der Waals surface area contributed by atoms with Gasteiger partial charge in [0.15, 0.2) is 0 Å². The Morgan fingerprint density at radius 2 is 2.07 bits per heavy atom. The maximum absolute atomic E-state index is 10.3. The molecule has 0 spiro atoms. The first-order chi connectivity index (χ1) is 13.3. The Balaban J connectivity index is 2.33. The molecule has 2 aromatic heterocycles. The van der Waals surface area contributed by atoms with E-state index in [-0.39, 0.29) is 19.1 Å². The molecule has 0 bridgehead atoms. The van der Waals surface area contributed by atoms with E-state index in [0.717, 1.165) is 11.1 Å². The number of hydrogen-bond acceptors (Lipinski definition) is 10. The van der Waals surface area contributed by atoms with Gasteiger partial charge in [-0.1, -0.05) is 19.0 Å². The Kier molecular flexibility index (Phi) is 7.32. The minimum atomic E-state index is -1.20. The molecule has 1 unspecified atom stereocenters. The topological polar surface area (TPSA) is 143 Å². The predicted molar refractivity (Wildman–Crippen MR) is 109 cm³/mol. The van der Waals surface area contributed by atoms with Crippen LogP contribution in [0.5, 0.6) is 0 Å². The number of anilines is 3. The average molecular weight is 391 g/mol. The van der Waals surface area contributed by atoms with Gasteiger partial charge in [0.05, 0.1) is 18.8 Å². The Morgan fingerprint density at radius 1 is 1.36 bits per heavy atom. The molecule has 2 aromatic rings. The highest BCUT2D eigenvalue weighted by molar-refractivity contribution is 6.02. The molecule has 0 saturated carbocycles. The molecule has 28 heavy (non-hydrogen) atoms. The van der Waals surface area contributed by atoms with Gasteiger partial charge in [-0.05, 0) is 31.4 Å². The maximum Gasteiger partial charge on any atom is 0.227 e. The van der Waals surface area contributed by atoms with Crippen LogP contribution in [-0.4, -0.2) is 52.6 Å². The number of pyridine rings is 1. The quantitative estimate of drug-likeness (QED) is 0.202. The van der Waals surface area contributed by atoms with Gasteiger partial charge in [-0.25, -0.2) is 4.98 Å². The third-order valence-corrected chi connectivity index (χ3v) is 4.06. The second kappa shape index (κ2) is 9.49. The van der Waals surface area contributed by atoms with Crippen LogP contribution in [0.1, 0.15) is 43.5 Å². The summed E-state index contributed by atoms with van der Waals surface area (Å²) in [5, 5.41) is 38.9. The van der Waals surface area contributed by atoms with Gasteiger partial charge in [0, 0.05) is 24.4 Å². The number of aryl methyl sites for hydroxylation is 1. The van der Waals surface area contributed by atoms with Crippen molar-refractivity contribution in [3.63, 3.8) is 0 Å². The summed E-state index contributed by atoms with van der Waals surface area (Å²) < 4.78 is 5.03. The molecule has 0 saturated heterocycles. The lowest BCUT2D eigenvalue weighted by atomic mass is 9.95. The van der Waals surface area contributed by atoms with Gasteiger partial charge in [0.1, 0.15) is 11.6 Å². The van der Waals surface area contributed by atoms with Gasteiger partial charge >= 0.3 is 0 Å². The zero-order chi connectivity index (χ0) is 20.8. The van der Waals surface area contributed by atoms with Crippen LogP contribution in [0.2, 0.25) is 0 Å². The highest BCUT2D eigenvalue weighted by Gasteiger charge is 2.20. The van der Waals surface area contributed by atoms with Crippen molar-refractivity contribution in [1.29, 1.82) is 5.41 Å². The van der Waals surface area contributed by atoms with Crippen LogP contribution >= 0.6 is 0 Å². The van der Waals surface area contributed by atoms with Crippen LogP contribution < -0.4 is 21.1 Å². The number of aromatic nitrogens is 2. The zero-order valence-electron chi connectivity index (χ0n) is 16.9. The zero-order valence-corrected chi connectivity index (χ0v) is 16.9. The second-order valence-corrected chi connectivity index (χ2v) is 6.71. The van der Waals surface area contributed by atoms with Crippen LogP contribution in [0.25, 0.3) is 0 Å². The summed E-state index contributed by atoms with van der Waals surface area (Å²) in [6.07, 6.45) is -1.20. The molecule has 6 N–H and O–H groups in total. The Bertz CT molecular complexity index is 806. The lowest BCUT2D eigenvalue weighted by molar-refractivity contribution is 0.153. The van der Waals surface area contributed by atoms with Gasteiger partial charge in [0.2, 0.25) is 12.2 Å². The molecular formula is C18H29N7O3. The maximum atomic E-state index is 10.3. The van der Waals surface area contributed by atoms with E-state index >= 15 is 0 Å². The largest absolute Gasteiger partial charge is 0.394 e. The van der Waals surface area contributed by atoms with Crippen LogP contribution in [0.3, 0.4) is 0 Å². The van der Waals surface area contributed by atoms with E-state index in [0.29, 0.717) is 28.9 Å². The van der Waals surface area contributed by atoms with Crippen molar-refractivity contribution < 1.29 is 14.7 Å². The summed E-state index contributed by atoms with van der Waals surface area (Å²) in [5.41, 5.74) is 5.63. The molecule has 0 fully saturated rings. The van der Waals surface area contributed by atoms with E-state index in [1.807, 2.05) is 19.9 Å². The van der Waals surface area contributed by atoms with Crippen LogP contribution in [-0.2, 0) is 0 Å². The first-order valence-electron chi connectivity index (χ1n) is 9.07. The number of hydrogen-bond donors (Lipinski definition) is 6. The van der Waals surface area contributed by atoms with Crippen molar-refractivity contribution in [2.75, 3.05) is 35.8 Å². The lowest BCUT2D eigenvalue weighted by Crippen LogP contribution is -2.50.